The molecular weight excluding hydrogens is 196 g/mol. The van der Waals surface area contributed by atoms with Gasteiger partial charge in [-0.2, -0.15) is 0 Å². The van der Waals surface area contributed by atoms with Crippen LogP contribution in [0.5, 0.6) is 0 Å². The molecule has 5 nitrogen and oxygen atoms in total. The summed E-state index contributed by atoms with van der Waals surface area (Å²) in [5.41, 5.74) is 2.00. The van der Waals surface area contributed by atoms with E-state index in [0.29, 0.717) is 6.54 Å². The van der Waals surface area contributed by atoms with Crippen molar-refractivity contribution in [2.24, 2.45) is 0 Å². The van der Waals surface area contributed by atoms with Crippen LogP contribution < -0.4 is 4.90 Å². The van der Waals surface area contributed by atoms with Crippen molar-refractivity contribution < 1.29 is 9.72 Å². The van der Waals surface area contributed by atoms with Gasteiger partial charge < -0.3 is 9.69 Å². The Bertz CT molecular complexity index is 417. The summed E-state index contributed by atoms with van der Waals surface area (Å²) in [6, 6.07) is 4.77. The van der Waals surface area contributed by atoms with E-state index in [9.17, 15) is 14.9 Å². The van der Waals surface area contributed by atoms with Crippen LogP contribution in [-0.4, -0.2) is 24.3 Å². The predicted molar refractivity (Wildman–Crippen MR) is 55.1 cm³/mol. The molecule has 0 spiro atoms. The number of nitro benzene ring substituents is 1. The summed E-state index contributed by atoms with van der Waals surface area (Å²) in [5, 5.41) is 10.5. The summed E-state index contributed by atoms with van der Waals surface area (Å²) < 4.78 is 0. The maximum Gasteiger partial charge on any atom is 0.269 e. The highest BCUT2D eigenvalue weighted by atomic mass is 16.6. The Morgan fingerprint density at radius 1 is 1.53 bits per heavy atom. The van der Waals surface area contributed by atoms with Gasteiger partial charge >= 0.3 is 0 Å². The molecule has 0 amide bonds. The number of nitrogens with zero attached hydrogens (tertiary/aromatic N) is 2. The Balaban J connectivity index is 2.33. The number of fused-ring (bicyclic) bond motifs is 1. The zero-order valence-corrected chi connectivity index (χ0v) is 8.05. The first-order chi connectivity index (χ1) is 7.22. The molecule has 0 N–H and O–H groups in total. The van der Waals surface area contributed by atoms with Crippen LogP contribution in [0.3, 0.4) is 0 Å². The monoisotopic (exact) mass is 206 g/mol. The predicted octanol–water partition coefficient (Wildman–Crippen LogP) is 1.16. The summed E-state index contributed by atoms with van der Waals surface area (Å²) in [6.07, 6.45) is 1.61. The molecule has 1 aliphatic heterocycles. The molecule has 1 heterocycles. The van der Waals surface area contributed by atoms with Gasteiger partial charge in [0.05, 0.1) is 11.5 Å². The number of hydrogen-bond acceptors (Lipinski definition) is 4. The van der Waals surface area contributed by atoms with E-state index in [1.54, 1.807) is 12.1 Å². The van der Waals surface area contributed by atoms with Crippen LogP contribution >= 0.6 is 0 Å². The first-order valence-electron chi connectivity index (χ1n) is 4.68. The Morgan fingerprint density at radius 3 is 3.00 bits per heavy atom. The summed E-state index contributed by atoms with van der Waals surface area (Å²) in [5.74, 6) is 0. The highest BCUT2D eigenvalue weighted by molar-refractivity contribution is 5.67. The average Bonchev–Trinajstić information content (AvgIpc) is 2.61. The molecule has 0 fully saturated rings. The van der Waals surface area contributed by atoms with Gasteiger partial charge in [0.15, 0.2) is 0 Å². The van der Waals surface area contributed by atoms with E-state index >= 15 is 0 Å². The van der Waals surface area contributed by atoms with Crippen molar-refractivity contribution in [3.8, 4) is 0 Å². The lowest BCUT2D eigenvalue weighted by Gasteiger charge is -2.14. The number of rotatable bonds is 3. The number of aldehydes is 1. The van der Waals surface area contributed by atoms with Crippen molar-refractivity contribution >= 4 is 17.7 Å². The molecule has 0 radical (unpaired) electrons. The zero-order chi connectivity index (χ0) is 10.8. The standard InChI is InChI=1S/C10H10N2O3/c13-6-5-11-4-3-8-7-9(12(14)15)1-2-10(8)11/h1-2,6-7H,3-5H2. The molecule has 2 rings (SSSR count). The Morgan fingerprint density at radius 2 is 2.33 bits per heavy atom. The van der Waals surface area contributed by atoms with E-state index in [-0.39, 0.29) is 5.69 Å². The van der Waals surface area contributed by atoms with E-state index in [0.717, 1.165) is 30.5 Å². The van der Waals surface area contributed by atoms with Gasteiger partial charge in [0.2, 0.25) is 0 Å². The van der Waals surface area contributed by atoms with Crippen LogP contribution in [0.4, 0.5) is 11.4 Å². The third kappa shape index (κ3) is 1.68. The fourth-order valence-electron chi connectivity index (χ4n) is 1.85. The van der Waals surface area contributed by atoms with Crippen LogP contribution in [0.25, 0.3) is 0 Å². The smallest absolute Gasteiger partial charge is 0.269 e. The molecule has 0 unspecified atom stereocenters. The van der Waals surface area contributed by atoms with Gasteiger partial charge in [-0.15, -0.1) is 0 Å². The maximum absolute atomic E-state index is 10.5. The minimum atomic E-state index is -0.400. The molecule has 1 aromatic rings. The number of hydrogen-bond donors (Lipinski definition) is 0. The number of nitro groups is 1. The van der Waals surface area contributed by atoms with E-state index < -0.39 is 4.92 Å². The van der Waals surface area contributed by atoms with Gasteiger partial charge in [-0.1, -0.05) is 0 Å². The van der Waals surface area contributed by atoms with Crippen molar-refractivity contribution in [3.63, 3.8) is 0 Å². The van der Waals surface area contributed by atoms with Crippen molar-refractivity contribution in [1.29, 1.82) is 0 Å². The first-order valence-corrected chi connectivity index (χ1v) is 4.68. The molecule has 0 saturated heterocycles. The molecule has 1 aromatic carbocycles. The van der Waals surface area contributed by atoms with Gasteiger partial charge in [-0.05, 0) is 18.1 Å². The number of non-ortho nitro benzene ring substituents is 1. The Labute approximate surface area is 86.5 Å². The van der Waals surface area contributed by atoms with Gasteiger partial charge in [-0.25, -0.2) is 0 Å². The summed E-state index contributed by atoms with van der Waals surface area (Å²) in [4.78, 5) is 22.5. The third-order valence-corrected chi connectivity index (χ3v) is 2.56. The maximum atomic E-state index is 10.5. The van der Waals surface area contributed by atoms with E-state index in [1.807, 2.05) is 4.90 Å². The summed E-state index contributed by atoms with van der Waals surface area (Å²) >= 11 is 0. The molecule has 1 aliphatic rings. The van der Waals surface area contributed by atoms with Crippen LogP contribution in [-0.2, 0) is 11.2 Å². The summed E-state index contributed by atoms with van der Waals surface area (Å²) in [6.45, 7) is 1.11. The molecule has 5 heteroatoms. The minimum absolute atomic E-state index is 0.113. The second kappa shape index (κ2) is 3.68. The largest absolute Gasteiger partial charge is 0.364 e. The molecule has 0 saturated carbocycles. The highest BCUT2D eigenvalue weighted by Gasteiger charge is 2.20. The van der Waals surface area contributed by atoms with Crippen LogP contribution in [0.15, 0.2) is 18.2 Å². The topological polar surface area (TPSA) is 63.5 Å². The first kappa shape index (κ1) is 9.64. The van der Waals surface area contributed by atoms with Gasteiger partial charge in [0, 0.05) is 24.4 Å². The lowest BCUT2D eigenvalue weighted by atomic mass is 10.1. The number of anilines is 1. The fraction of sp³-hybridized carbons (Fsp3) is 0.300. The average molecular weight is 206 g/mol. The molecule has 0 bridgehead atoms. The van der Waals surface area contributed by atoms with Gasteiger partial charge in [-0.3, -0.25) is 10.1 Å². The number of carbonyl (C=O) groups is 1. The summed E-state index contributed by atoms with van der Waals surface area (Å²) in [7, 11) is 0. The SMILES string of the molecule is O=CCN1CCc2cc([N+](=O)[O-])ccc21. The van der Waals surface area contributed by atoms with Crippen LogP contribution in [0.1, 0.15) is 5.56 Å². The zero-order valence-electron chi connectivity index (χ0n) is 8.05. The van der Waals surface area contributed by atoms with E-state index in [1.165, 1.54) is 6.07 Å². The third-order valence-electron chi connectivity index (χ3n) is 2.56. The van der Waals surface area contributed by atoms with Crippen LogP contribution in [0, 0.1) is 10.1 Å². The van der Waals surface area contributed by atoms with Crippen molar-refractivity contribution in [2.45, 2.75) is 6.42 Å². The normalized spacial score (nSPS) is 13.7. The highest BCUT2D eigenvalue weighted by Crippen LogP contribution is 2.30. The van der Waals surface area contributed by atoms with E-state index in [2.05, 4.69) is 0 Å². The van der Waals surface area contributed by atoms with Crippen molar-refractivity contribution in [3.05, 3.63) is 33.9 Å². The molecular formula is C10H10N2O3. The second-order valence-electron chi connectivity index (χ2n) is 3.43. The van der Waals surface area contributed by atoms with Crippen molar-refractivity contribution in [2.75, 3.05) is 18.0 Å². The second-order valence-corrected chi connectivity index (χ2v) is 3.43. The molecule has 78 valence electrons. The Hall–Kier alpha value is -1.91. The van der Waals surface area contributed by atoms with Gasteiger partial charge in [0.1, 0.15) is 6.29 Å². The Kier molecular flexibility index (Phi) is 2.37. The number of carbonyl (C=O) groups excluding carboxylic acids is 1. The van der Waals surface area contributed by atoms with E-state index in [4.69, 9.17) is 0 Å². The lowest BCUT2D eigenvalue weighted by molar-refractivity contribution is -0.384. The van der Waals surface area contributed by atoms with Crippen LogP contribution in [0.2, 0.25) is 0 Å². The molecule has 15 heavy (non-hydrogen) atoms. The number of benzene rings is 1. The van der Waals surface area contributed by atoms with Crippen molar-refractivity contribution in [1.82, 2.24) is 0 Å². The minimum Gasteiger partial charge on any atom is -0.364 e. The molecule has 0 aliphatic carbocycles. The molecule has 0 atom stereocenters. The quantitative estimate of drug-likeness (QED) is 0.423. The fourth-order valence-corrected chi connectivity index (χ4v) is 1.85. The lowest BCUT2D eigenvalue weighted by Crippen LogP contribution is -2.22. The molecule has 0 aromatic heterocycles. The van der Waals surface area contributed by atoms with Gasteiger partial charge in [0.25, 0.3) is 5.69 Å².